The van der Waals surface area contributed by atoms with E-state index < -0.39 is 0 Å². The van der Waals surface area contributed by atoms with Crippen LogP contribution in [0, 0.1) is 0 Å². The Kier molecular flexibility index (Phi) is 4.82. The summed E-state index contributed by atoms with van der Waals surface area (Å²) in [5, 5.41) is 0.918. The molecule has 0 aliphatic carbocycles. The van der Waals surface area contributed by atoms with Crippen LogP contribution in [0.4, 0.5) is 0 Å². The molecule has 70 valence electrons. The molecule has 0 fully saturated rings. The minimum absolute atomic E-state index is 0.918. The van der Waals surface area contributed by atoms with Crippen molar-refractivity contribution in [2.75, 3.05) is 5.75 Å². The predicted octanol–water partition coefficient (Wildman–Crippen LogP) is 4.02. The van der Waals surface area contributed by atoms with Gasteiger partial charge in [0.25, 0.3) is 0 Å². The van der Waals surface area contributed by atoms with E-state index in [2.05, 4.69) is 31.7 Å². The molecule has 0 radical (unpaired) electrons. The molecule has 1 unspecified atom stereocenters. The Labute approximate surface area is 80.8 Å². The fraction of sp³-hybridized carbons (Fsp3) is 0.818. The molecule has 1 rings (SSSR count). The minimum Gasteiger partial charge on any atom is -0.154 e. The third kappa shape index (κ3) is 3.22. The van der Waals surface area contributed by atoms with E-state index in [9.17, 15) is 0 Å². The number of thioether (sulfide) groups is 1. The van der Waals surface area contributed by atoms with Crippen LogP contribution >= 0.6 is 11.8 Å². The van der Waals surface area contributed by atoms with Crippen LogP contribution in [-0.2, 0) is 0 Å². The Morgan fingerprint density at radius 3 is 3.00 bits per heavy atom. The summed E-state index contributed by atoms with van der Waals surface area (Å²) in [6.07, 6.45) is 9.23. The molecule has 0 nitrogen and oxygen atoms in total. The van der Waals surface area contributed by atoms with E-state index in [-0.39, 0.29) is 0 Å². The maximum atomic E-state index is 2.45. The lowest BCUT2D eigenvalue weighted by molar-refractivity contribution is 0.716. The first-order valence-corrected chi connectivity index (χ1v) is 6.21. The Morgan fingerprint density at radius 1 is 1.50 bits per heavy atom. The van der Waals surface area contributed by atoms with Gasteiger partial charge in [0.05, 0.1) is 0 Å². The number of rotatable bonds is 4. The van der Waals surface area contributed by atoms with Crippen molar-refractivity contribution in [1.82, 2.24) is 0 Å². The Balaban J connectivity index is 2.28. The first-order valence-electron chi connectivity index (χ1n) is 5.16. The van der Waals surface area contributed by atoms with Crippen LogP contribution in [0.5, 0.6) is 0 Å². The molecular weight excluding hydrogens is 164 g/mol. The molecule has 0 aromatic heterocycles. The molecule has 12 heavy (non-hydrogen) atoms. The first-order chi connectivity index (χ1) is 5.86. The second kappa shape index (κ2) is 5.69. The molecular formula is C11H20S. The number of allylic oxidation sites excluding steroid dienone is 1. The van der Waals surface area contributed by atoms with Gasteiger partial charge in [-0.3, -0.25) is 0 Å². The lowest BCUT2D eigenvalue weighted by atomic mass is 10.0. The van der Waals surface area contributed by atoms with E-state index in [1.807, 2.05) is 0 Å². The highest BCUT2D eigenvalue weighted by atomic mass is 32.2. The van der Waals surface area contributed by atoms with Gasteiger partial charge in [0.1, 0.15) is 0 Å². The van der Waals surface area contributed by atoms with Gasteiger partial charge < -0.3 is 0 Å². The van der Waals surface area contributed by atoms with Gasteiger partial charge in [-0.05, 0) is 25.7 Å². The summed E-state index contributed by atoms with van der Waals surface area (Å²) < 4.78 is 0. The highest BCUT2D eigenvalue weighted by molar-refractivity contribution is 8.00. The zero-order valence-electron chi connectivity index (χ0n) is 8.31. The van der Waals surface area contributed by atoms with Crippen LogP contribution in [0.3, 0.4) is 0 Å². The molecule has 0 spiro atoms. The molecule has 1 aliphatic rings. The van der Waals surface area contributed by atoms with Crippen LogP contribution in [0.2, 0.25) is 0 Å². The van der Waals surface area contributed by atoms with Crippen LogP contribution in [0.25, 0.3) is 0 Å². The van der Waals surface area contributed by atoms with E-state index in [0.717, 1.165) is 5.25 Å². The van der Waals surface area contributed by atoms with Gasteiger partial charge in [0.15, 0.2) is 0 Å². The lowest BCUT2D eigenvalue weighted by Crippen LogP contribution is -2.08. The topological polar surface area (TPSA) is 0 Å². The highest BCUT2D eigenvalue weighted by Crippen LogP contribution is 2.29. The van der Waals surface area contributed by atoms with Gasteiger partial charge in [-0.1, -0.05) is 31.9 Å². The average Bonchev–Trinajstić information content (AvgIpc) is 2.15. The largest absolute Gasteiger partial charge is 0.154 e. The second-order valence-corrected chi connectivity index (χ2v) is 4.87. The van der Waals surface area contributed by atoms with E-state index in [4.69, 9.17) is 0 Å². The zero-order valence-corrected chi connectivity index (χ0v) is 9.12. The predicted molar refractivity (Wildman–Crippen MR) is 58.8 cm³/mol. The monoisotopic (exact) mass is 184 g/mol. The molecule has 1 heteroatoms. The number of hydrogen-bond donors (Lipinski definition) is 0. The molecule has 0 saturated carbocycles. The third-order valence-electron chi connectivity index (χ3n) is 2.50. The van der Waals surface area contributed by atoms with Gasteiger partial charge in [-0.15, -0.1) is 0 Å². The molecule has 0 aromatic rings. The first kappa shape index (κ1) is 10.2. The molecule has 0 saturated heterocycles. The summed E-state index contributed by atoms with van der Waals surface area (Å²) in [7, 11) is 0. The van der Waals surface area contributed by atoms with Crippen molar-refractivity contribution in [1.29, 1.82) is 0 Å². The van der Waals surface area contributed by atoms with Crippen molar-refractivity contribution in [3.63, 3.8) is 0 Å². The maximum Gasteiger partial charge on any atom is 0.0118 e. The maximum absolute atomic E-state index is 2.45. The summed E-state index contributed by atoms with van der Waals surface area (Å²) in [6.45, 7) is 4.58. The average molecular weight is 184 g/mol. The van der Waals surface area contributed by atoms with Gasteiger partial charge >= 0.3 is 0 Å². The summed E-state index contributed by atoms with van der Waals surface area (Å²) in [5.74, 6) is 1.26. The summed E-state index contributed by atoms with van der Waals surface area (Å²) in [4.78, 5) is 0. The van der Waals surface area contributed by atoms with Crippen molar-refractivity contribution in [3.8, 4) is 0 Å². The summed E-state index contributed by atoms with van der Waals surface area (Å²) in [6, 6.07) is 0. The lowest BCUT2D eigenvalue weighted by Gasteiger charge is -2.20. The Hall–Kier alpha value is 0.0900. The van der Waals surface area contributed by atoms with E-state index >= 15 is 0 Å². The summed E-state index contributed by atoms with van der Waals surface area (Å²) >= 11 is 2.12. The van der Waals surface area contributed by atoms with Gasteiger partial charge in [-0.25, -0.2) is 0 Å². The SMILES string of the molecule is CCCCC1=CCSC(CC)C1. The molecule has 0 aromatic carbocycles. The standard InChI is InChI=1S/C11H20S/c1-3-5-6-10-7-8-12-11(4-2)9-10/h7,11H,3-6,8-9H2,1-2H3. The normalized spacial score (nSPS) is 23.8. The van der Waals surface area contributed by atoms with Crippen molar-refractivity contribution in [2.24, 2.45) is 0 Å². The molecule has 0 N–H and O–H groups in total. The van der Waals surface area contributed by atoms with Crippen LogP contribution in [-0.4, -0.2) is 11.0 Å². The van der Waals surface area contributed by atoms with E-state index in [0.29, 0.717) is 0 Å². The van der Waals surface area contributed by atoms with Gasteiger partial charge in [-0.2, -0.15) is 11.8 Å². The third-order valence-corrected chi connectivity index (χ3v) is 3.83. The van der Waals surface area contributed by atoms with Crippen molar-refractivity contribution >= 4 is 11.8 Å². The quantitative estimate of drug-likeness (QED) is 0.595. The van der Waals surface area contributed by atoms with Gasteiger partial charge in [0, 0.05) is 11.0 Å². The summed E-state index contributed by atoms with van der Waals surface area (Å²) in [5.41, 5.74) is 1.72. The Bertz CT molecular complexity index is 149. The highest BCUT2D eigenvalue weighted by Gasteiger charge is 2.12. The fourth-order valence-corrected chi connectivity index (χ4v) is 2.78. The van der Waals surface area contributed by atoms with E-state index in [1.54, 1.807) is 5.57 Å². The van der Waals surface area contributed by atoms with Gasteiger partial charge in [0.2, 0.25) is 0 Å². The molecule has 1 atom stereocenters. The van der Waals surface area contributed by atoms with Crippen molar-refractivity contribution in [3.05, 3.63) is 11.6 Å². The van der Waals surface area contributed by atoms with Crippen LogP contribution in [0.1, 0.15) is 46.0 Å². The minimum atomic E-state index is 0.918. The Morgan fingerprint density at radius 2 is 2.33 bits per heavy atom. The van der Waals surface area contributed by atoms with Crippen molar-refractivity contribution < 1.29 is 0 Å². The number of hydrogen-bond acceptors (Lipinski definition) is 1. The zero-order chi connectivity index (χ0) is 8.81. The molecule has 0 bridgehead atoms. The van der Waals surface area contributed by atoms with Crippen LogP contribution in [0.15, 0.2) is 11.6 Å². The molecule has 1 aliphatic heterocycles. The molecule has 1 heterocycles. The van der Waals surface area contributed by atoms with Crippen molar-refractivity contribution in [2.45, 2.75) is 51.2 Å². The number of unbranched alkanes of at least 4 members (excludes halogenated alkanes) is 1. The molecule has 0 amide bonds. The van der Waals surface area contributed by atoms with E-state index in [1.165, 1.54) is 37.9 Å². The smallest absolute Gasteiger partial charge is 0.0118 e. The fourth-order valence-electron chi connectivity index (χ4n) is 1.61. The van der Waals surface area contributed by atoms with Crippen LogP contribution < -0.4 is 0 Å². The second-order valence-electron chi connectivity index (χ2n) is 3.53.